The highest BCUT2D eigenvalue weighted by molar-refractivity contribution is 7.92. The minimum Gasteiger partial charge on any atom is -0.453 e. The van der Waals surface area contributed by atoms with Crippen molar-refractivity contribution in [3.05, 3.63) is 81.3 Å². The van der Waals surface area contributed by atoms with Gasteiger partial charge in [0.2, 0.25) is 15.9 Å². The van der Waals surface area contributed by atoms with Crippen molar-refractivity contribution in [2.45, 2.75) is 12.3 Å². The van der Waals surface area contributed by atoms with Gasteiger partial charge in [-0.3, -0.25) is 14.3 Å². The van der Waals surface area contributed by atoms with Gasteiger partial charge in [-0.25, -0.2) is 8.42 Å². The van der Waals surface area contributed by atoms with Crippen molar-refractivity contribution >= 4 is 56.4 Å². The largest absolute Gasteiger partial charge is 0.453 e. The third-order valence-corrected chi connectivity index (χ3v) is 6.93. The molecule has 2 amide bonds. The highest BCUT2D eigenvalue weighted by atomic mass is 35.5. The van der Waals surface area contributed by atoms with Gasteiger partial charge >= 0.3 is 0 Å². The first-order valence-corrected chi connectivity index (χ1v) is 13.5. The molecular weight excluding hydrogens is 539 g/mol. The monoisotopic (exact) mass is 558 g/mol. The predicted octanol–water partition coefficient (Wildman–Crippen LogP) is 4.65. The van der Waals surface area contributed by atoms with Crippen LogP contribution in [-0.2, 0) is 14.8 Å². The van der Waals surface area contributed by atoms with Crippen LogP contribution >= 0.6 is 23.2 Å². The summed E-state index contributed by atoms with van der Waals surface area (Å²) in [6, 6.07) is 16.3. The second-order valence-corrected chi connectivity index (χ2v) is 11.0. The van der Waals surface area contributed by atoms with Gasteiger partial charge in [0.15, 0.2) is 5.75 Å². The van der Waals surface area contributed by atoms with Crippen LogP contribution in [0.15, 0.2) is 54.6 Å². The summed E-state index contributed by atoms with van der Waals surface area (Å²) in [6.45, 7) is 0.284. The van der Waals surface area contributed by atoms with Gasteiger partial charge in [0.05, 0.1) is 33.1 Å². The molecule has 1 fully saturated rings. The summed E-state index contributed by atoms with van der Waals surface area (Å²) in [5.41, 5.74) is 6.83. The molecule has 1 heterocycles. The molecule has 0 spiro atoms. The first kappa shape index (κ1) is 26.3. The summed E-state index contributed by atoms with van der Waals surface area (Å²) < 4.78 is 31.4. The SMILES string of the molecule is CS(=O)(=O)Nc1ccc(N2CC(c3ccc(Cl)c(Oc4c(Cl)cccc4C#N)c3)CC2=O)cc1C(N)=O. The molecule has 0 bridgehead atoms. The Morgan fingerprint density at radius 1 is 1.16 bits per heavy atom. The molecule has 190 valence electrons. The quantitative estimate of drug-likeness (QED) is 0.432. The van der Waals surface area contributed by atoms with Gasteiger partial charge in [0, 0.05) is 24.6 Å². The molecule has 1 saturated heterocycles. The summed E-state index contributed by atoms with van der Waals surface area (Å²) in [5.74, 6) is -0.815. The standard InChI is InChI=1S/C25H20Cl2N4O5S/c1-37(34,35)30-21-8-6-17(11-18(21)25(29)33)31-13-16(10-23(31)32)14-5-7-19(26)22(9-14)36-24-15(12-28)3-2-4-20(24)27/h2-9,11,16,30H,10,13H2,1H3,(H2,29,33). The van der Waals surface area contributed by atoms with Crippen molar-refractivity contribution in [1.82, 2.24) is 0 Å². The number of nitriles is 1. The molecule has 1 unspecified atom stereocenters. The molecule has 3 N–H and O–H groups in total. The van der Waals surface area contributed by atoms with Crippen LogP contribution in [0.4, 0.5) is 11.4 Å². The van der Waals surface area contributed by atoms with Crippen molar-refractivity contribution in [2.24, 2.45) is 5.73 Å². The lowest BCUT2D eigenvalue weighted by Crippen LogP contribution is -2.25. The van der Waals surface area contributed by atoms with Crippen molar-refractivity contribution in [1.29, 1.82) is 5.26 Å². The van der Waals surface area contributed by atoms with Crippen molar-refractivity contribution in [3.8, 4) is 17.6 Å². The predicted molar refractivity (Wildman–Crippen MR) is 141 cm³/mol. The Morgan fingerprint density at radius 2 is 1.92 bits per heavy atom. The highest BCUT2D eigenvalue weighted by Gasteiger charge is 2.33. The van der Waals surface area contributed by atoms with Crippen LogP contribution in [0.2, 0.25) is 10.0 Å². The van der Waals surface area contributed by atoms with Gasteiger partial charge in [0.1, 0.15) is 11.8 Å². The number of sulfonamides is 1. The van der Waals surface area contributed by atoms with E-state index in [1.165, 1.54) is 23.1 Å². The minimum absolute atomic E-state index is 0.0257. The second kappa shape index (κ2) is 10.3. The summed E-state index contributed by atoms with van der Waals surface area (Å²) in [5, 5.41) is 9.93. The lowest BCUT2D eigenvalue weighted by Gasteiger charge is -2.19. The topological polar surface area (TPSA) is 143 Å². The van der Waals surface area contributed by atoms with Crippen LogP contribution in [0, 0.1) is 11.3 Å². The number of para-hydroxylation sites is 1. The molecule has 9 nitrogen and oxygen atoms in total. The fourth-order valence-electron chi connectivity index (χ4n) is 4.04. The number of primary amides is 1. The number of rotatable bonds is 7. The zero-order valence-electron chi connectivity index (χ0n) is 19.4. The minimum atomic E-state index is -3.65. The summed E-state index contributed by atoms with van der Waals surface area (Å²) >= 11 is 12.6. The number of nitrogens with zero attached hydrogens (tertiary/aromatic N) is 2. The van der Waals surface area contributed by atoms with E-state index in [2.05, 4.69) is 4.72 Å². The Bertz CT molecular complexity index is 1570. The zero-order chi connectivity index (χ0) is 26.9. The van der Waals surface area contributed by atoms with E-state index in [0.717, 1.165) is 11.8 Å². The molecule has 3 aromatic rings. The molecule has 0 aromatic heterocycles. The van der Waals surface area contributed by atoms with E-state index in [0.29, 0.717) is 10.7 Å². The first-order chi connectivity index (χ1) is 17.5. The number of hydrogen-bond donors (Lipinski definition) is 2. The molecule has 1 aliphatic heterocycles. The third-order valence-electron chi connectivity index (χ3n) is 5.73. The van der Waals surface area contributed by atoms with Crippen LogP contribution < -0.4 is 20.1 Å². The Kier molecular flexibility index (Phi) is 7.32. The summed E-state index contributed by atoms with van der Waals surface area (Å²) in [4.78, 5) is 26.4. The molecule has 12 heteroatoms. The second-order valence-electron chi connectivity index (χ2n) is 8.39. The molecule has 0 saturated carbocycles. The fraction of sp³-hybridized carbons (Fsp3) is 0.160. The summed E-state index contributed by atoms with van der Waals surface area (Å²) in [6.07, 6.45) is 1.13. The van der Waals surface area contributed by atoms with Crippen molar-refractivity contribution in [3.63, 3.8) is 0 Å². The third kappa shape index (κ3) is 5.80. The van der Waals surface area contributed by atoms with Gasteiger partial charge in [0.25, 0.3) is 5.91 Å². The zero-order valence-corrected chi connectivity index (χ0v) is 21.7. The van der Waals surface area contributed by atoms with Crippen molar-refractivity contribution in [2.75, 3.05) is 22.4 Å². The number of halogens is 2. The normalized spacial score (nSPS) is 15.4. The number of ether oxygens (including phenoxy) is 1. The molecule has 3 aromatic carbocycles. The van der Waals surface area contributed by atoms with Gasteiger partial charge in [-0.2, -0.15) is 5.26 Å². The van der Waals surface area contributed by atoms with Gasteiger partial charge in [-0.05, 0) is 48.0 Å². The van der Waals surface area contributed by atoms with Crippen LogP contribution in [0.25, 0.3) is 0 Å². The van der Waals surface area contributed by atoms with E-state index >= 15 is 0 Å². The van der Waals surface area contributed by atoms with Crippen LogP contribution in [0.1, 0.15) is 33.8 Å². The molecule has 0 radical (unpaired) electrons. The van der Waals surface area contributed by atoms with Gasteiger partial charge < -0.3 is 15.4 Å². The van der Waals surface area contributed by atoms with Crippen LogP contribution in [0.3, 0.4) is 0 Å². The van der Waals surface area contributed by atoms with Gasteiger partial charge in [-0.1, -0.05) is 35.3 Å². The molecule has 37 heavy (non-hydrogen) atoms. The Hall–Kier alpha value is -3.78. The first-order valence-electron chi connectivity index (χ1n) is 10.8. The number of carbonyl (C=O) groups excluding carboxylic acids is 2. The Balaban J connectivity index is 1.61. The van der Waals surface area contributed by atoms with E-state index in [1.807, 2.05) is 6.07 Å². The number of carbonyl (C=O) groups is 2. The number of amides is 2. The maximum absolute atomic E-state index is 12.9. The lowest BCUT2D eigenvalue weighted by molar-refractivity contribution is -0.117. The number of nitrogens with two attached hydrogens (primary N) is 1. The molecule has 0 aliphatic carbocycles. The molecule has 1 aliphatic rings. The smallest absolute Gasteiger partial charge is 0.250 e. The maximum Gasteiger partial charge on any atom is 0.250 e. The average molecular weight is 559 g/mol. The number of hydrogen-bond acceptors (Lipinski definition) is 6. The lowest BCUT2D eigenvalue weighted by atomic mass is 9.98. The summed E-state index contributed by atoms with van der Waals surface area (Å²) in [7, 11) is -3.65. The Labute approximate surface area is 223 Å². The number of nitrogens with one attached hydrogen (secondary N) is 1. The highest BCUT2D eigenvalue weighted by Crippen LogP contribution is 2.40. The van der Waals surface area contributed by atoms with Crippen LogP contribution in [-0.4, -0.2) is 33.0 Å². The maximum atomic E-state index is 12.9. The number of anilines is 2. The van der Waals surface area contributed by atoms with E-state index in [4.69, 9.17) is 33.7 Å². The molecule has 4 rings (SSSR count). The Morgan fingerprint density at radius 3 is 2.59 bits per heavy atom. The van der Waals surface area contributed by atoms with E-state index in [9.17, 15) is 23.3 Å². The van der Waals surface area contributed by atoms with E-state index in [1.54, 1.807) is 36.4 Å². The van der Waals surface area contributed by atoms with Gasteiger partial charge in [-0.15, -0.1) is 0 Å². The molecular formula is C25H20Cl2N4O5S. The molecule has 1 atom stereocenters. The van der Waals surface area contributed by atoms with E-state index < -0.39 is 15.9 Å². The van der Waals surface area contributed by atoms with Crippen molar-refractivity contribution < 1.29 is 22.7 Å². The average Bonchev–Trinajstić information content (AvgIpc) is 3.22. The fourth-order valence-corrected chi connectivity index (χ4v) is 4.98. The number of benzene rings is 3. The van der Waals surface area contributed by atoms with E-state index in [-0.39, 0.29) is 58.1 Å². The van der Waals surface area contributed by atoms with Crippen LogP contribution in [0.5, 0.6) is 11.5 Å².